The zero-order chi connectivity index (χ0) is 16.0. The Bertz CT molecular complexity index is 257. The Labute approximate surface area is 121 Å². The van der Waals surface area contributed by atoms with Gasteiger partial charge in [0.1, 0.15) is 5.60 Å². The molecule has 6 nitrogen and oxygen atoms in total. The maximum absolute atomic E-state index is 11.3. The molecule has 0 aromatic carbocycles. The minimum absolute atomic E-state index is 0.305. The summed E-state index contributed by atoms with van der Waals surface area (Å²) in [5.41, 5.74) is -0.398. The molecule has 0 unspecified atom stereocenters. The number of rotatable bonds is 7. The van der Waals surface area contributed by atoms with Gasteiger partial charge in [0.25, 0.3) is 0 Å². The first-order valence-electron chi connectivity index (χ1n) is 7.07. The largest absolute Gasteiger partial charge is 0.503 e. The molecule has 0 aromatic heterocycles. The van der Waals surface area contributed by atoms with E-state index in [0.717, 1.165) is 13.0 Å². The van der Waals surface area contributed by atoms with Crippen molar-refractivity contribution >= 4 is 12.2 Å². The molecule has 0 heterocycles. The van der Waals surface area contributed by atoms with Crippen LogP contribution in [0.1, 0.15) is 66.2 Å². The first-order valence-corrected chi connectivity index (χ1v) is 7.07. The second kappa shape index (κ2) is 12.6. The van der Waals surface area contributed by atoms with Crippen LogP contribution in [0, 0.1) is 0 Å². The Morgan fingerprint density at radius 1 is 1.00 bits per heavy atom. The average molecular weight is 291 g/mol. The number of amides is 1. The van der Waals surface area contributed by atoms with E-state index in [4.69, 9.17) is 19.7 Å². The van der Waals surface area contributed by atoms with E-state index in [1.807, 2.05) is 20.8 Å². The topological polar surface area (TPSA) is 95.9 Å². The van der Waals surface area contributed by atoms with Gasteiger partial charge in [-0.25, -0.2) is 9.59 Å². The van der Waals surface area contributed by atoms with Gasteiger partial charge in [-0.1, -0.05) is 39.0 Å². The van der Waals surface area contributed by atoms with Gasteiger partial charge < -0.3 is 20.3 Å². The molecule has 1 amide bonds. The van der Waals surface area contributed by atoms with Crippen LogP contribution in [0.15, 0.2) is 0 Å². The van der Waals surface area contributed by atoms with Crippen molar-refractivity contribution in [3.8, 4) is 0 Å². The fraction of sp³-hybridized carbons (Fsp3) is 0.857. The Kier molecular flexibility index (Phi) is 13.1. The summed E-state index contributed by atoms with van der Waals surface area (Å²) in [5, 5.41) is 16.7. The van der Waals surface area contributed by atoms with Crippen molar-refractivity contribution in [2.24, 2.45) is 0 Å². The van der Waals surface area contributed by atoms with Crippen molar-refractivity contribution in [2.45, 2.75) is 71.8 Å². The van der Waals surface area contributed by atoms with Crippen LogP contribution in [-0.4, -0.2) is 34.6 Å². The van der Waals surface area contributed by atoms with Crippen LogP contribution in [0.2, 0.25) is 0 Å². The van der Waals surface area contributed by atoms with E-state index in [0.29, 0.717) is 0 Å². The molecule has 0 atom stereocenters. The Hall–Kier alpha value is -1.46. The van der Waals surface area contributed by atoms with Crippen LogP contribution >= 0.6 is 0 Å². The van der Waals surface area contributed by atoms with Gasteiger partial charge in [0, 0.05) is 6.54 Å². The number of carboxylic acid groups (broad SMARTS) is 2. The fourth-order valence-corrected chi connectivity index (χ4v) is 1.41. The Balaban J connectivity index is 0. The molecule has 120 valence electrons. The Morgan fingerprint density at radius 3 is 1.90 bits per heavy atom. The minimum atomic E-state index is -1.83. The maximum atomic E-state index is 11.3. The fourth-order valence-electron chi connectivity index (χ4n) is 1.41. The molecular formula is C14H29NO5. The molecule has 0 fully saturated rings. The third kappa shape index (κ3) is 25.4. The number of carbonyl (C=O) groups is 2. The van der Waals surface area contributed by atoms with Crippen molar-refractivity contribution < 1.29 is 24.5 Å². The van der Waals surface area contributed by atoms with E-state index in [1.54, 1.807) is 0 Å². The SMILES string of the molecule is CCCCCCCCNC(=O)OC(C)(C)C.O=C(O)O. The highest BCUT2D eigenvalue weighted by Gasteiger charge is 2.15. The quantitative estimate of drug-likeness (QED) is 0.614. The van der Waals surface area contributed by atoms with Crippen LogP contribution in [0.3, 0.4) is 0 Å². The molecule has 0 aromatic rings. The molecular weight excluding hydrogens is 262 g/mol. The molecule has 0 saturated heterocycles. The lowest BCUT2D eigenvalue weighted by atomic mass is 10.1. The second-order valence-corrected chi connectivity index (χ2v) is 5.48. The Morgan fingerprint density at radius 2 is 1.45 bits per heavy atom. The lowest BCUT2D eigenvalue weighted by molar-refractivity contribution is 0.0526. The zero-order valence-electron chi connectivity index (χ0n) is 13.1. The minimum Gasteiger partial charge on any atom is -0.450 e. The second-order valence-electron chi connectivity index (χ2n) is 5.48. The highest BCUT2D eigenvalue weighted by molar-refractivity contribution is 5.67. The summed E-state index contributed by atoms with van der Waals surface area (Å²) in [4.78, 5) is 19.8. The summed E-state index contributed by atoms with van der Waals surface area (Å²) in [7, 11) is 0. The molecule has 0 radical (unpaired) electrons. The summed E-state index contributed by atoms with van der Waals surface area (Å²) in [5.74, 6) is 0. The highest BCUT2D eigenvalue weighted by atomic mass is 16.6. The van der Waals surface area contributed by atoms with E-state index in [1.165, 1.54) is 32.1 Å². The maximum Gasteiger partial charge on any atom is 0.503 e. The number of hydrogen-bond donors (Lipinski definition) is 3. The van der Waals surface area contributed by atoms with Gasteiger partial charge in [-0.05, 0) is 27.2 Å². The van der Waals surface area contributed by atoms with Gasteiger partial charge in [-0.15, -0.1) is 0 Å². The normalized spacial score (nSPS) is 10.2. The van der Waals surface area contributed by atoms with Crippen molar-refractivity contribution in [3.05, 3.63) is 0 Å². The van der Waals surface area contributed by atoms with E-state index >= 15 is 0 Å². The third-order valence-electron chi connectivity index (χ3n) is 2.20. The molecule has 0 aliphatic rings. The van der Waals surface area contributed by atoms with Crippen molar-refractivity contribution in [3.63, 3.8) is 0 Å². The lowest BCUT2D eigenvalue weighted by Crippen LogP contribution is -2.32. The molecule has 6 heteroatoms. The highest BCUT2D eigenvalue weighted by Crippen LogP contribution is 2.07. The molecule has 0 aliphatic carbocycles. The van der Waals surface area contributed by atoms with Gasteiger partial charge in [0.15, 0.2) is 0 Å². The van der Waals surface area contributed by atoms with Crippen LogP contribution in [-0.2, 0) is 4.74 Å². The van der Waals surface area contributed by atoms with Gasteiger partial charge in [-0.3, -0.25) is 0 Å². The predicted molar refractivity (Wildman–Crippen MR) is 78.3 cm³/mol. The number of hydrogen-bond acceptors (Lipinski definition) is 3. The number of alkyl carbamates (subject to hydrolysis) is 1. The van der Waals surface area contributed by atoms with Crippen LogP contribution in [0.5, 0.6) is 0 Å². The first-order chi connectivity index (χ1) is 9.19. The van der Waals surface area contributed by atoms with Crippen LogP contribution in [0.4, 0.5) is 9.59 Å². The summed E-state index contributed by atoms with van der Waals surface area (Å²) in [6.07, 6.45) is 5.27. The summed E-state index contributed by atoms with van der Waals surface area (Å²) in [6, 6.07) is 0. The predicted octanol–water partition coefficient (Wildman–Crippen LogP) is 4.09. The molecule has 0 rings (SSSR count). The van der Waals surface area contributed by atoms with Gasteiger partial charge >= 0.3 is 12.2 Å². The molecule has 3 N–H and O–H groups in total. The number of carbonyl (C=O) groups excluding carboxylic acids is 1. The van der Waals surface area contributed by atoms with Gasteiger partial charge in [0.2, 0.25) is 0 Å². The summed E-state index contributed by atoms with van der Waals surface area (Å²) < 4.78 is 5.13. The monoisotopic (exact) mass is 291 g/mol. The van der Waals surface area contributed by atoms with Crippen molar-refractivity contribution in [2.75, 3.05) is 6.54 Å². The molecule has 0 aliphatic heterocycles. The third-order valence-corrected chi connectivity index (χ3v) is 2.20. The van der Waals surface area contributed by atoms with Crippen LogP contribution < -0.4 is 5.32 Å². The van der Waals surface area contributed by atoms with Gasteiger partial charge in [-0.2, -0.15) is 0 Å². The summed E-state index contributed by atoms with van der Waals surface area (Å²) >= 11 is 0. The van der Waals surface area contributed by atoms with Gasteiger partial charge in [0.05, 0.1) is 0 Å². The standard InChI is InChI=1S/C13H27NO2.CH2O3/c1-5-6-7-8-9-10-11-14-12(15)16-13(2,3)4;2-1(3)4/h5-11H2,1-4H3,(H,14,15);(H2,2,3,4). The molecule has 0 saturated carbocycles. The van der Waals surface area contributed by atoms with E-state index < -0.39 is 11.8 Å². The zero-order valence-corrected chi connectivity index (χ0v) is 13.1. The number of nitrogens with one attached hydrogen (secondary N) is 1. The van der Waals surface area contributed by atoms with Crippen LogP contribution in [0.25, 0.3) is 0 Å². The molecule has 0 spiro atoms. The summed E-state index contributed by atoms with van der Waals surface area (Å²) in [6.45, 7) is 8.55. The average Bonchev–Trinajstić information content (AvgIpc) is 2.24. The lowest BCUT2D eigenvalue weighted by Gasteiger charge is -2.19. The smallest absolute Gasteiger partial charge is 0.450 e. The van der Waals surface area contributed by atoms with E-state index in [2.05, 4.69) is 12.2 Å². The molecule has 20 heavy (non-hydrogen) atoms. The van der Waals surface area contributed by atoms with E-state index in [9.17, 15) is 4.79 Å². The molecule has 0 bridgehead atoms. The first kappa shape index (κ1) is 20.8. The van der Waals surface area contributed by atoms with Crippen molar-refractivity contribution in [1.29, 1.82) is 0 Å². The number of unbranched alkanes of at least 4 members (excludes halogenated alkanes) is 5. The van der Waals surface area contributed by atoms with Crippen molar-refractivity contribution in [1.82, 2.24) is 5.32 Å². The van der Waals surface area contributed by atoms with E-state index in [-0.39, 0.29) is 6.09 Å². The number of ether oxygens (including phenoxy) is 1.